The highest BCUT2D eigenvalue weighted by molar-refractivity contribution is 7.11. The van der Waals surface area contributed by atoms with Gasteiger partial charge in [-0.05, 0) is 56.3 Å². The Labute approximate surface area is 107 Å². The minimum Gasteiger partial charge on any atom is -0.326 e. The van der Waals surface area contributed by atoms with Crippen LogP contribution in [-0.4, -0.2) is 4.98 Å². The molecule has 4 fully saturated rings. The minimum atomic E-state index is 0.465. The molecule has 1 aromatic rings. The number of nitrogens with zero attached hydrogens (tertiary/aromatic N) is 1. The summed E-state index contributed by atoms with van der Waals surface area (Å²) in [5, 5.41) is 1.41. The van der Waals surface area contributed by atoms with Crippen LogP contribution in [0.3, 0.4) is 0 Å². The van der Waals surface area contributed by atoms with Gasteiger partial charge in [0.2, 0.25) is 0 Å². The number of aromatic nitrogens is 1. The van der Waals surface area contributed by atoms with Crippen LogP contribution in [0.5, 0.6) is 0 Å². The quantitative estimate of drug-likeness (QED) is 0.873. The van der Waals surface area contributed by atoms with Crippen molar-refractivity contribution in [2.75, 3.05) is 0 Å². The highest BCUT2D eigenvalue weighted by Crippen LogP contribution is 2.61. The summed E-state index contributed by atoms with van der Waals surface area (Å²) < 4.78 is 0. The van der Waals surface area contributed by atoms with Crippen LogP contribution in [0.4, 0.5) is 0 Å². The van der Waals surface area contributed by atoms with Gasteiger partial charge >= 0.3 is 0 Å². The van der Waals surface area contributed by atoms with E-state index < -0.39 is 0 Å². The standard InChI is InChI=1S/C14H20N2S/c15-7-12-8-16-13(17-12)14-4-9-1-10(5-14)3-11(2-9)6-14/h8-11H,1-7,15H2. The van der Waals surface area contributed by atoms with E-state index in [-0.39, 0.29) is 0 Å². The van der Waals surface area contributed by atoms with Gasteiger partial charge in [-0.1, -0.05) is 0 Å². The predicted molar refractivity (Wildman–Crippen MR) is 69.9 cm³/mol. The molecule has 1 heterocycles. The molecule has 5 rings (SSSR count). The summed E-state index contributed by atoms with van der Waals surface area (Å²) in [4.78, 5) is 5.98. The SMILES string of the molecule is NCc1cnc(C23CC4CC(CC(C4)C2)C3)s1. The van der Waals surface area contributed by atoms with E-state index in [1.165, 1.54) is 48.4 Å². The van der Waals surface area contributed by atoms with Gasteiger partial charge in [0.05, 0.1) is 5.01 Å². The van der Waals surface area contributed by atoms with Crippen molar-refractivity contribution in [3.05, 3.63) is 16.1 Å². The molecular weight excluding hydrogens is 228 g/mol. The second-order valence-corrected chi connectivity index (χ2v) is 7.65. The van der Waals surface area contributed by atoms with E-state index in [4.69, 9.17) is 10.7 Å². The third-order valence-corrected chi connectivity index (χ3v) is 6.51. The number of hydrogen-bond donors (Lipinski definition) is 1. The molecule has 3 heteroatoms. The number of thiazole rings is 1. The summed E-state index contributed by atoms with van der Waals surface area (Å²) in [6.45, 7) is 0.657. The Bertz CT molecular complexity index is 402. The fourth-order valence-electron chi connectivity index (χ4n) is 5.02. The van der Waals surface area contributed by atoms with E-state index in [9.17, 15) is 0 Å². The number of rotatable bonds is 2. The van der Waals surface area contributed by atoms with Crippen molar-refractivity contribution in [1.82, 2.24) is 4.98 Å². The third-order valence-electron chi connectivity index (χ3n) is 5.25. The first-order chi connectivity index (χ1) is 8.27. The first kappa shape index (κ1) is 10.5. The molecule has 17 heavy (non-hydrogen) atoms. The molecule has 0 atom stereocenters. The monoisotopic (exact) mass is 248 g/mol. The number of hydrogen-bond acceptors (Lipinski definition) is 3. The van der Waals surface area contributed by atoms with E-state index in [1.54, 1.807) is 0 Å². The molecule has 0 spiro atoms. The molecule has 4 aliphatic carbocycles. The van der Waals surface area contributed by atoms with Crippen molar-refractivity contribution in [3.8, 4) is 0 Å². The molecule has 92 valence electrons. The molecule has 0 unspecified atom stereocenters. The molecule has 2 nitrogen and oxygen atoms in total. The summed E-state index contributed by atoms with van der Waals surface area (Å²) in [7, 11) is 0. The molecule has 4 aliphatic rings. The van der Waals surface area contributed by atoms with E-state index >= 15 is 0 Å². The Morgan fingerprint density at radius 1 is 1.18 bits per heavy atom. The van der Waals surface area contributed by atoms with E-state index in [2.05, 4.69) is 0 Å². The fraction of sp³-hybridized carbons (Fsp3) is 0.786. The summed E-state index contributed by atoms with van der Waals surface area (Å²) in [5.74, 6) is 3.02. The highest BCUT2D eigenvalue weighted by atomic mass is 32.1. The molecule has 1 aromatic heterocycles. The molecule has 0 radical (unpaired) electrons. The molecule has 0 aromatic carbocycles. The van der Waals surface area contributed by atoms with Gasteiger partial charge in [-0.2, -0.15) is 0 Å². The normalized spacial score (nSPS) is 43.2. The van der Waals surface area contributed by atoms with Crippen molar-refractivity contribution >= 4 is 11.3 Å². The smallest absolute Gasteiger partial charge is 0.0990 e. The van der Waals surface area contributed by atoms with Crippen LogP contribution in [0, 0.1) is 17.8 Å². The first-order valence-corrected chi connectivity index (χ1v) is 7.74. The first-order valence-electron chi connectivity index (χ1n) is 6.93. The van der Waals surface area contributed by atoms with E-state index in [0.29, 0.717) is 12.0 Å². The van der Waals surface area contributed by atoms with Gasteiger partial charge in [0.25, 0.3) is 0 Å². The zero-order valence-electron chi connectivity index (χ0n) is 10.2. The molecule has 0 amide bonds. The summed E-state index contributed by atoms with van der Waals surface area (Å²) in [6, 6.07) is 0. The van der Waals surface area contributed by atoms with Gasteiger partial charge in [0.1, 0.15) is 0 Å². The van der Waals surface area contributed by atoms with Crippen molar-refractivity contribution in [1.29, 1.82) is 0 Å². The molecule has 4 bridgehead atoms. The Hall–Kier alpha value is -0.410. The van der Waals surface area contributed by atoms with E-state index in [0.717, 1.165) is 17.8 Å². The van der Waals surface area contributed by atoms with Crippen molar-refractivity contribution in [3.63, 3.8) is 0 Å². The van der Waals surface area contributed by atoms with Gasteiger partial charge in [-0.3, -0.25) is 0 Å². The van der Waals surface area contributed by atoms with Crippen molar-refractivity contribution in [2.45, 2.75) is 50.5 Å². The maximum Gasteiger partial charge on any atom is 0.0990 e. The van der Waals surface area contributed by atoms with Gasteiger partial charge < -0.3 is 5.73 Å². The minimum absolute atomic E-state index is 0.465. The van der Waals surface area contributed by atoms with Crippen molar-refractivity contribution in [2.24, 2.45) is 23.5 Å². The zero-order chi connectivity index (χ0) is 11.5. The summed E-state index contributed by atoms with van der Waals surface area (Å²) in [6.07, 6.45) is 10.8. The predicted octanol–water partition coefficient (Wildman–Crippen LogP) is 3.07. The highest BCUT2D eigenvalue weighted by Gasteiger charge is 2.52. The van der Waals surface area contributed by atoms with E-state index in [1.807, 2.05) is 17.5 Å². The second-order valence-electron chi connectivity index (χ2n) is 6.53. The topological polar surface area (TPSA) is 38.9 Å². The van der Waals surface area contributed by atoms with Gasteiger partial charge in [-0.15, -0.1) is 11.3 Å². The van der Waals surface area contributed by atoms with Crippen LogP contribution in [-0.2, 0) is 12.0 Å². The van der Waals surface area contributed by atoms with Crippen molar-refractivity contribution < 1.29 is 0 Å². The van der Waals surface area contributed by atoms with Gasteiger partial charge in [0, 0.05) is 23.0 Å². The largest absolute Gasteiger partial charge is 0.326 e. The lowest BCUT2D eigenvalue weighted by Crippen LogP contribution is -2.48. The lowest BCUT2D eigenvalue weighted by atomic mass is 9.50. The fourth-order valence-corrected chi connectivity index (χ4v) is 6.03. The Kier molecular flexibility index (Phi) is 2.19. The number of nitrogens with two attached hydrogens (primary N) is 1. The Balaban J connectivity index is 1.72. The Morgan fingerprint density at radius 3 is 2.24 bits per heavy atom. The zero-order valence-corrected chi connectivity index (χ0v) is 11.0. The summed E-state index contributed by atoms with van der Waals surface area (Å²) >= 11 is 1.89. The van der Waals surface area contributed by atoms with Crippen LogP contribution in [0.1, 0.15) is 48.4 Å². The molecule has 2 N–H and O–H groups in total. The average Bonchev–Trinajstić information content (AvgIpc) is 2.76. The average molecular weight is 248 g/mol. The molecular formula is C14H20N2S. The third kappa shape index (κ3) is 1.52. The van der Waals surface area contributed by atoms with Crippen LogP contribution >= 0.6 is 11.3 Å². The molecule has 4 saturated carbocycles. The lowest BCUT2D eigenvalue weighted by molar-refractivity contribution is -0.00527. The van der Waals surface area contributed by atoms with Gasteiger partial charge in [0.15, 0.2) is 0 Å². The van der Waals surface area contributed by atoms with Gasteiger partial charge in [-0.25, -0.2) is 4.98 Å². The maximum atomic E-state index is 5.73. The van der Waals surface area contributed by atoms with Crippen LogP contribution < -0.4 is 5.73 Å². The molecule has 0 saturated heterocycles. The lowest BCUT2D eigenvalue weighted by Gasteiger charge is -2.56. The summed E-state index contributed by atoms with van der Waals surface area (Å²) in [5.41, 5.74) is 6.19. The second kappa shape index (κ2) is 3.55. The Morgan fingerprint density at radius 2 is 1.76 bits per heavy atom. The van der Waals surface area contributed by atoms with Crippen LogP contribution in [0.2, 0.25) is 0 Å². The molecule has 0 aliphatic heterocycles. The van der Waals surface area contributed by atoms with Crippen LogP contribution in [0.15, 0.2) is 6.20 Å². The van der Waals surface area contributed by atoms with Crippen LogP contribution in [0.25, 0.3) is 0 Å². The maximum absolute atomic E-state index is 5.73.